The summed E-state index contributed by atoms with van der Waals surface area (Å²) < 4.78 is 8.28. The first-order valence-electron chi connectivity index (χ1n) is 12.1. The normalized spacial score (nSPS) is 10.6. The van der Waals surface area contributed by atoms with E-state index in [-0.39, 0.29) is 36.0 Å². The van der Waals surface area contributed by atoms with Gasteiger partial charge in [0.1, 0.15) is 5.69 Å². The first kappa shape index (κ1) is 29.3. The second kappa shape index (κ2) is 14.6. The number of carboxylic acid groups (broad SMARTS) is 1. The van der Waals surface area contributed by atoms with E-state index in [0.717, 1.165) is 53.9 Å². The first-order valence-corrected chi connectivity index (χ1v) is 12.8. The maximum Gasteiger partial charge on any atom is 1.00 e. The third-order valence-corrected chi connectivity index (χ3v) is 6.36. The fourth-order valence-corrected chi connectivity index (χ4v) is 4.31. The summed E-state index contributed by atoms with van der Waals surface area (Å²) in [5.41, 5.74) is 4.51. The standard InChI is InChI=1S/C29H28Cl2N2O3.Na/c30-23-16-12-21(13-17-23)27-28(22-14-18-24(31)19-15-22)33(25-9-5-4-6-10-25)29(32-27)36-20-8-3-1-2-7-11-26(34)35;/h4-6,9-10,12-19H,1-3,7-8,11,20H2,(H,34,35);/q;+1/p-1. The number of rotatable bonds is 12. The Labute approximate surface area is 249 Å². The molecule has 8 heteroatoms. The number of carbonyl (C=O) groups excluding carboxylic acids is 1. The fourth-order valence-electron chi connectivity index (χ4n) is 4.06. The van der Waals surface area contributed by atoms with Crippen LogP contribution in [-0.4, -0.2) is 22.1 Å². The summed E-state index contributed by atoms with van der Waals surface area (Å²) in [6.07, 6.45) is 4.39. The van der Waals surface area contributed by atoms with Crippen molar-refractivity contribution in [2.45, 2.75) is 38.5 Å². The molecular weight excluding hydrogens is 518 g/mol. The quantitative estimate of drug-likeness (QED) is 0.200. The fraction of sp³-hybridized carbons (Fsp3) is 0.241. The molecule has 4 rings (SSSR count). The van der Waals surface area contributed by atoms with Gasteiger partial charge in [0, 0.05) is 27.1 Å². The number of hydrogen-bond donors (Lipinski definition) is 0. The van der Waals surface area contributed by atoms with Crippen molar-refractivity contribution in [1.29, 1.82) is 0 Å². The van der Waals surface area contributed by atoms with Gasteiger partial charge in [-0.05, 0) is 55.7 Å². The van der Waals surface area contributed by atoms with Crippen LogP contribution in [0, 0.1) is 0 Å². The molecule has 0 aliphatic carbocycles. The maximum absolute atomic E-state index is 10.6. The number of carboxylic acids is 1. The topological polar surface area (TPSA) is 67.2 Å². The first-order chi connectivity index (χ1) is 17.5. The molecule has 5 nitrogen and oxygen atoms in total. The van der Waals surface area contributed by atoms with Crippen LogP contribution in [0.2, 0.25) is 10.0 Å². The number of aliphatic carboxylic acids is 1. The molecule has 0 aliphatic rings. The van der Waals surface area contributed by atoms with Gasteiger partial charge in [-0.1, -0.05) is 84.9 Å². The number of unbranched alkanes of at least 4 members (excludes halogenated alkanes) is 4. The third kappa shape index (κ3) is 8.10. The van der Waals surface area contributed by atoms with Crippen molar-refractivity contribution < 1.29 is 44.2 Å². The van der Waals surface area contributed by atoms with Crippen LogP contribution in [0.25, 0.3) is 28.2 Å². The number of para-hydroxylation sites is 1. The van der Waals surface area contributed by atoms with Gasteiger partial charge in [-0.3, -0.25) is 4.57 Å². The molecule has 0 radical (unpaired) electrons. The Morgan fingerprint density at radius 1 is 0.784 bits per heavy atom. The Balaban J connectivity index is 0.00000380. The molecule has 186 valence electrons. The van der Waals surface area contributed by atoms with Crippen molar-refractivity contribution in [3.63, 3.8) is 0 Å². The van der Waals surface area contributed by atoms with Crippen LogP contribution in [-0.2, 0) is 4.79 Å². The molecule has 0 aliphatic heterocycles. The molecule has 4 aromatic rings. The Morgan fingerprint density at radius 3 is 1.97 bits per heavy atom. The van der Waals surface area contributed by atoms with E-state index in [1.165, 1.54) is 0 Å². The second-order valence-electron chi connectivity index (χ2n) is 8.51. The third-order valence-electron chi connectivity index (χ3n) is 5.85. The molecule has 3 aromatic carbocycles. The predicted octanol–water partition coefficient (Wildman–Crippen LogP) is 3.99. The number of halogens is 2. The molecule has 37 heavy (non-hydrogen) atoms. The number of nitrogens with zero attached hydrogens (tertiary/aromatic N) is 2. The smallest absolute Gasteiger partial charge is 0.550 e. The molecule has 0 bridgehead atoms. The van der Waals surface area contributed by atoms with E-state index in [9.17, 15) is 9.90 Å². The number of carbonyl (C=O) groups is 1. The maximum atomic E-state index is 10.6. The van der Waals surface area contributed by atoms with Crippen molar-refractivity contribution in [3.05, 3.63) is 88.9 Å². The van der Waals surface area contributed by atoms with Crippen LogP contribution in [0.3, 0.4) is 0 Å². The summed E-state index contributed by atoms with van der Waals surface area (Å²) in [5, 5.41) is 11.9. The molecule has 0 atom stereocenters. The summed E-state index contributed by atoms with van der Waals surface area (Å²) in [4.78, 5) is 15.5. The molecule has 1 aromatic heterocycles. The zero-order valence-electron chi connectivity index (χ0n) is 20.8. The summed E-state index contributed by atoms with van der Waals surface area (Å²) in [6.45, 7) is 0.504. The van der Waals surface area contributed by atoms with E-state index >= 15 is 0 Å². The second-order valence-corrected chi connectivity index (χ2v) is 9.39. The number of hydrogen-bond acceptors (Lipinski definition) is 4. The van der Waals surface area contributed by atoms with Gasteiger partial charge in [0.05, 0.1) is 18.0 Å². The predicted molar refractivity (Wildman–Crippen MR) is 143 cm³/mol. The van der Waals surface area contributed by atoms with Gasteiger partial charge in [-0.15, -0.1) is 0 Å². The van der Waals surface area contributed by atoms with Crippen LogP contribution in [0.5, 0.6) is 6.01 Å². The van der Waals surface area contributed by atoms with Crippen LogP contribution >= 0.6 is 23.2 Å². The van der Waals surface area contributed by atoms with Crippen molar-refractivity contribution >= 4 is 29.2 Å². The minimum atomic E-state index is -0.987. The van der Waals surface area contributed by atoms with Crippen LogP contribution in [0.1, 0.15) is 38.5 Å². The molecule has 0 spiro atoms. The molecule has 0 unspecified atom stereocenters. The van der Waals surface area contributed by atoms with E-state index < -0.39 is 5.97 Å². The van der Waals surface area contributed by atoms with Crippen molar-refractivity contribution in [2.24, 2.45) is 0 Å². The molecule has 0 saturated heterocycles. The monoisotopic (exact) mass is 544 g/mol. The summed E-state index contributed by atoms with van der Waals surface area (Å²) >= 11 is 12.3. The summed E-state index contributed by atoms with van der Waals surface area (Å²) in [5.74, 6) is -0.987. The van der Waals surface area contributed by atoms with E-state index in [1.807, 2.05) is 83.4 Å². The summed E-state index contributed by atoms with van der Waals surface area (Å²) in [7, 11) is 0. The zero-order valence-corrected chi connectivity index (χ0v) is 24.3. The van der Waals surface area contributed by atoms with Crippen molar-refractivity contribution in [1.82, 2.24) is 9.55 Å². The number of ether oxygens (including phenoxy) is 1. The van der Waals surface area contributed by atoms with Gasteiger partial charge >= 0.3 is 35.6 Å². The van der Waals surface area contributed by atoms with Gasteiger partial charge in [0.15, 0.2) is 0 Å². The zero-order chi connectivity index (χ0) is 25.3. The number of benzene rings is 3. The number of imidazole rings is 1. The van der Waals surface area contributed by atoms with Gasteiger partial charge in [0.2, 0.25) is 0 Å². The Kier molecular flexibility index (Phi) is 11.6. The Hall–Kier alpha value is -2.28. The molecular formula is C29H27Cl2N2NaO3. The van der Waals surface area contributed by atoms with E-state index in [0.29, 0.717) is 29.1 Å². The van der Waals surface area contributed by atoms with Gasteiger partial charge in [-0.2, -0.15) is 4.98 Å². The van der Waals surface area contributed by atoms with Crippen LogP contribution in [0.4, 0.5) is 0 Å². The largest absolute Gasteiger partial charge is 1.00 e. The van der Waals surface area contributed by atoms with Gasteiger partial charge in [-0.25, -0.2) is 0 Å². The van der Waals surface area contributed by atoms with Gasteiger partial charge < -0.3 is 14.6 Å². The molecule has 0 N–H and O–H groups in total. The molecule has 1 heterocycles. The van der Waals surface area contributed by atoms with E-state index in [1.54, 1.807) is 0 Å². The number of aromatic nitrogens is 2. The minimum absolute atomic E-state index is 0. The van der Waals surface area contributed by atoms with E-state index in [2.05, 4.69) is 0 Å². The van der Waals surface area contributed by atoms with Crippen molar-refractivity contribution in [3.8, 4) is 34.2 Å². The molecule has 0 saturated carbocycles. The van der Waals surface area contributed by atoms with E-state index in [4.69, 9.17) is 32.9 Å². The van der Waals surface area contributed by atoms with Crippen LogP contribution in [0.15, 0.2) is 78.9 Å². The van der Waals surface area contributed by atoms with Crippen molar-refractivity contribution in [2.75, 3.05) is 6.61 Å². The minimum Gasteiger partial charge on any atom is -0.550 e. The SMILES string of the molecule is O=C([O-])CCCCCCCOc1nc(-c2ccc(Cl)cc2)c(-c2ccc(Cl)cc2)n1-c1ccccc1.[Na+]. The Morgan fingerprint density at radius 2 is 1.35 bits per heavy atom. The molecule has 0 amide bonds. The van der Waals surface area contributed by atoms with Crippen LogP contribution < -0.4 is 39.4 Å². The van der Waals surface area contributed by atoms with Gasteiger partial charge in [0.25, 0.3) is 0 Å². The average molecular weight is 545 g/mol. The average Bonchev–Trinajstić information content (AvgIpc) is 3.26. The summed E-state index contributed by atoms with van der Waals surface area (Å²) in [6, 6.07) is 25.8. The Bertz CT molecular complexity index is 1280. The molecule has 0 fully saturated rings.